The minimum Gasteiger partial charge on any atom is -0.339 e. The molecule has 3 heterocycles. The van der Waals surface area contributed by atoms with Gasteiger partial charge in [0.25, 0.3) is 5.91 Å². The van der Waals surface area contributed by atoms with E-state index in [-0.39, 0.29) is 17.2 Å². The zero-order chi connectivity index (χ0) is 16.6. The Kier molecular flexibility index (Phi) is 3.89. The second-order valence-corrected chi connectivity index (χ2v) is 7.49. The Hall–Kier alpha value is -2.28. The molecule has 2 aromatic heterocycles. The Bertz CT molecular complexity index is 749. The molecular weight excluding hydrogens is 312 g/mol. The highest BCUT2D eigenvalue weighted by atomic mass is 32.1. The van der Waals surface area contributed by atoms with E-state index >= 15 is 0 Å². The molecule has 0 radical (unpaired) electrons. The standard InChI is InChI=1S/C16H18N4O2S/c1-16(2,3)15-20-12-11(23-15)14(22)18-10(13(21)19-12)8-9-6-4-5-7-17-9/h4-7,10H,8H2,1-3H3,(H,18,22)(H,19,21). The van der Waals surface area contributed by atoms with Gasteiger partial charge in [-0.25, -0.2) is 4.98 Å². The van der Waals surface area contributed by atoms with Gasteiger partial charge in [0.05, 0.1) is 0 Å². The van der Waals surface area contributed by atoms with Crippen LogP contribution in [0.4, 0.5) is 5.82 Å². The first-order valence-electron chi connectivity index (χ1n) is 7.37. The molecule has 0 spiro atoms. The highest BCUT2D eigenvalue weighted by Gasteiger charge is 2.32. The number of anilines is 1. The fourth-order valence-corrected chi connectivity index (χ4v) is 3.23. The minimum absolute atomic E-state index is 0.171. The summed E-state index contributed by atoms with van der Waals surface area (Å²) in [4.78, 5) is 33.9. The minimum atomic E-state index is -0.656. The molecule has 0 saturated heterocycles. The number of amides is 2. The molecule has 0 fully saturated rings. The van der Waals surface area contributed by atoms with Gasteiger partial charge in [0, 0.05) is 23.7 Å². The average Bonchev–Trinajstić information content (AvgIpc) is 2.87. The van der Waals surface area contributed by atoms with Crippen LogP contribution in [0, 0.1) is 0 Å². The molecule has 120 valence electrons. The molecule has 1 unspecified atom stereocenters. The van der Waals surface area contributed by atoms with Crippen LogP contribution in [0.15, 0.2) is 24.4 Å². The second-order valence-electron chi connectivity index (χ2n) is 6.49. The molecule has 2 N–H and O–H groups in total. The molecule has 0 bridgehead atoms. The predicted octanol–water partition coefficient (Wildman–Crippen LogP) is 2.13. The number of rotatable bonds is 2. The van der Waals surface area contributed by atoms with E-state index in [2.05, 4.69) is 20.6 Å². The van der Waals surface area contributed by atoms with Gasteiger partial charge in [-0.2, -0.15) is 0 Å². The average molecular weight is 330 g/mol. The van der Waals surface area contributed by atoms with E-state index in [9.17, 15) is 9.59 Å². The molecule has 0 saturated carbocycles. The maximum absolute atomic E-state index is 12.4. The number of nitrogens with one attached hydrogen (secondary N) is 2. The summed E-state index contributed by atoms with van der Waals surface area (Å²) < 4.78 is 0. The van der Waals surface area contributed by atoms with Crippen molar-refractivity contribution < 1.29 is 9.59 Å². The number of aromatic nitrogens is 2. The zero-order valence-corrected chi connectivity index (χ0v) is 14.0. The van der Waals surface area contributed by atoms with Crippen LogP contribution in [0.2, 0.25) is 0 Å². The second kappa shape index (κ2) is 5.73. The Balaban J connectivity index is 1.85. The Morgan fingerprint density at radius 1 is 1.26 bits per heavy atom. The van der Waals surface area contributed by atoms with Gasteiger partial charge in [0.1, 0.15) is 15.9 Å². The van der Waals surface area contributed by atoms with Crippen molar-refractivity contribution in [1.82, 2.24) is 15.3 Å². The largest absolute Gasteiger partial charge is 0.339 e. The van der Waals surface area contributed by atoms with Crippen molar-refractivity contribution in [2.24, 2.45) is 0 Å². The van der Waals surface area contributed by atoms with E-state index in [0.29, 0.717) is 17.1 Å². The number of hydrogen-bond acceptors (Lipinski definition) is 5. The topological polar surface area (TPSA) is 84.0 Å². The Morgan fingerprint density at radius 3 is 2.70 bits per heavy atom. The molecule has 1 aliphatic rings. The molecule has 2 aromatic rings. The van der Waals surface area contributed by atoms with Gasteiger partial charge in [-0.3, -0.25) is 14.6 Å². The highest BCUT2D eigenvalue weighted by Crippen LogP contribution is 2.33. The number of hydrogen-bond donors (Lipinski definition) is 2. The van der Waals surface area contributed by atoms with Gasteiger partial charge < -0.3 is 10.6 Å². The lowest BCUT2D eigenvalue weighted by atomic mass is 9.98. The molecule has 3 rings (SSSR count). The third-order valence-corrected chi connectivity index (χ3v) is 4.96. The normalized spacial score (nSPS) is 18.0. The molecule has 1 atom stereocenters. The van der Waals surface area contributed by atoms with Crippen LogP contribution in [-0.2, 0) is 16.6 Å². The van der Waals surface area contributed by atoms with Crippen LogP contribution in [0.5, 0.6) is 0 Å². The first-order valence-corrected chi connectivity index (χ1v) is 8.19. The lowest BCUT2D eigenvalue weighted by Crippen LogP contribution is -2.42. The molecule has 2 amide bonds. The van der Waals surface area contributed by atoms with Crippen LogP contribution in [-0.4, -0.2) is 27.8 Å². The number of carbonyl (C=O) groups is 2. The van der Waals surface area contributed by atoms with Gasteiger partial charge in [0.2, 0.25) is 5.91 Å². The third kappa shape index (κ3) is 3.24. The van der Waals surface area contributed by atoms with Gasteiger partial charge in [-0.15, -0.1) is 11.3 Å². The van der Waals surface area contributed by atoms with Crippen molar-refractivity contribution in [2.75, 3.05) is 5.32 Å². The fourth-order valence-electron chi connectivity index (χ4n) is 2.24. The summed E-state index contributed by atoms with van der Waals surface area (Å²) in [5, 5.41) is 6.36. The molecule has 0 aromatic carbocycles. The van der Waals surface area contributed by atoms with Crippen molar-refractivity contribution in [3.05, 3.63) is 40.0 Å². The van der Waals surface area contributed by atoms with Crippen LogP contribution < -0.4 is 10.6 Å². The monoisotopic (exact) mass is 330 g/mol. The van der Waals surface area contributed by atoms with Crippen LogP contribution >= 0.6 is 11.3 Å². The van der Waals surface area contributed by atoms with E-state index in [1.165, 1.54) is 11.3 Å². The quantitative estimate of drug-likeness (QED) is 0.883. The van der Waals surface area contributed by atoms with E-state index in [0.717, 1.165) is 10.7 Å². The number of pyridine rings is 1. The molecular formula is C16H18N4O2S. The number of nitrogens with zero attached hydrogens (tertiary/aromatic N) is 2. The summed E-state index contributed by atoms with van der Waals surface area (Å²) in [6, 6.07) is 4.84. The van der Waals surface area contributed by atoms with Crippen LogP contribution in [0.25, 0.3) is 0 Å². The Labute approximate surface area is 138 Å². The summed E-state index contributed by atoms with van der Waals surface area (Å²) in [5.74, 6) is -0.188. The molecule has 7 heteroatoms. The SMILES string of the molecule is CC(C)(C)c1nc2c(s1)C(=O)NC(Cc1ccccn1)C(=O)N2. The molecule has 6 nitrogen and oxygen atoms in total. The van der Waals surface area contributed by atoms with Gasteiger partial charge in [0.15, 0.2) is 5.82 Å². The summed E-state index contributed by atoms with van der Waals surface area (Å²) in [6.45, 7) is 6.07. The predicted molar refractivity (Wildman–Crippen MR) is 88.6 cm³/mol. The number of fused-ring (bicyclic) bond motifs is 1. The maximum atomic E-state index is 12.4. The Morgan fingerprint density at radius 2 is 2.04 bits per heavy atom. The van der Waals surface area contributed by atoms with Crippen molar-refractivity contribution in [3.63, 3.8) is 0 Å². The number of thiazole rings is 1. The zero-order valence-electron chi connectivity index (χ0n) is 13.2. The summed E-state index contributed by atoms with van der Waals surface area (Å²) in [7, 11) is 0. The van der Waals surface area contributed by atoms with Crippen LogP contribution in [0.1, 0.15) is 41.1 Å². The van der Waals surface area contributed by atoms with Gasteiger partial charge >= 0.3 is 0 Å². The first kappa shape index (κ1) is 15.6. The summed E-state index contributed by atoms with van der Waals surface area (Å²) in [6.07, 6.45) is 2.01. The molecule has 23 heavy (non-hydrogen) atoms. The van der Waals surface area contributed by atoms with E-state index in [1.807, 2.05) is 39.0 Å². The first-order chi connectivity index (χ1) is 10.8. The summed E-state index contributed by atoms with van der Waals surface area (Å²) in [5.41, 5.74) is 0.580. The van der Waals surface area contributed by atoms with E-state index < -0.39 is 6.04 Å². The lowest BCUT2D eigenvalue weighted by molar-refractivity contribution is -0.117. The fraction of sp³-hybridized carbons (Fsp3) is 0.375. The van der Waals surface area contributed by atoms with Crippen molar-refractivity contribution in [3.8, 4) is 0 Å². The highest BCUT2D eigenvalue weighted by molar-refractivity contribution is 7.14. The summed E-state index contributed by atoms with van der Waals surface area (Å²) >= 11 is 1.32. The van der Waals surface area contributed by atoms with Gasteiger partial charge in [-0.1, -0.05) is 26.8 Å². The maximum Gasteiger partial charge on any atom is 0.265 e. The van der Waals surface area contributed by atoms with Crippen LogP contribution in [0.3, 0.4) is 0 Å². The molecule has 1 aliphatic heterocycles. The van der Waals surface area contributed by atoms with E-state index in [1.54, 1.807) is 6.20 Å². The van der Waals surface area contributed by atoms with Crippen molar-refractivity contribution in [1.29, 1.82) is 0 Å². The van der Waals surface area contributed by atoms with Crippen molar-refractivity contribution in [2.45, 2.75) is 38.6 Å². The lowest BCUT2D eigenvalue weighted by Gasteiger charge is -2.15. The third-order valence-electron chi connectivity index (χ3n) is 3.48. The van der Waals surface area contributed by atoms with Crippen molar-refractivity contribution >= 4 is 29.0 Å². The van der Waals surface area contributed by atoms with Gasteiger partial charge in [-0.05, 0) is 12.1 Å². The number of carbonyl (C=O) groups excluding carboxylic acids is 2. The smallest absolute Gasteiger partial charge is 0.265 e. The molecule has 0 aliphatic carbocycles. The van der Waals surface area contributed by atoms with E-state index in [4.69, 9.17) is 0 Å².